The number of ether oxygens (including phenoxy) is 1. The van der Waals surface area contributed by atoms with Crippen molar-refractivity contribution >= 4 is 17.6 Å². The van der Waals surface area contributed by atoms with Crippen LogP contribution in [0.2, 0.25) is 5.15 Å². The molecule has 3 aromatic rings. The highest BCUT2D eigenvalue weighted by Gasteiger charge is 2.23. The van der Waals surface area contributed by atoms with Crippen LogP contribution in [0.1, 0.15) is 16.1 Å². The number of hydrogen-bond acceptors (Lipinski definition) is 3. The molecule has 0 radical (unpaired) electrons. The Kier molecular flexibility index (Phi) is 4.12. The largest absolute Gasteiger partial charge is 0.423 e. The summed E-state index contributed by atoms with van der Waals surface area (Å²) in [5, 5.41) is 4.35. The zero-order chi connectivity index (χ0) is 16.4. The first-order chi connectivity index (χ1) is 11.1. The second kappa shape index (κ2) is 6.22. The minimum atomic E-state index is -0.591. The lowest BCUT2D eigenvalue weighted by molar-refractivity contribution is 0.0734. The molecular formula is C17H12ClFN2O2. The third-order valence-electron chi connectivity index (χ3n) is 3.23. The first-order valence-corrected chi connectivity index (χ1v) is 7.22. The van der Waals surface area contributed by atoms with Crippen molar-refractivity contribution in [3.05, 3.63) is 76.8 Å². The topological polar surface area (TPSA) is 44.1 Å². The molecule has 0 aliphatic carbocycles. The molecule has 0 atom stereocenters. The van der Waals surface area contributed by atoms with Gasteiger partial charge in [-0.3, -0.25) is 0 Å². The molecule has 1 aromatic heterocycles. The van der Waals surface area contributed by atoms with Crippen molar-refractivity contribution < 1.29 is 13.9 Å². The van der Waals surface area contributed by atoms with Gasteiger partial charge in [0.25, 0.3) is 0 Å². The molecule has 0 bridgehead atoms. The Bertz CT molecular complexity index is 845. The Morgan fingerprint density at radius 1 is 1.13 bits per heavy atom. The molecule has 0 fully saturated rings. The van der Waals surface area contributed by atoms with E-state index in [-0.39, 0.29) is 16.5 Å². The standard InChI is InChI=1S/C17H12ClFN2O2/c1-11-15(17(22)23-14-5-3-2-4-6-14)16(18)21(20-11)13-9-7-12(19)8-10-13/h2-10H,1H3. The first-order valence-electron chi connectivity index (χ1n) is 6.84. The summed E-state index contributed by atoms with van der Waals surface area (Å²) in [5.41, 5.74) is 1.17. The van der Waals surface area contributed by atoms with E-state index >= 15 is 0 Å². The van der Waals surface area contributed by atoms with Crippen LogP contribution in [0.25, 0.3) is 5.69 Å². The number of carbonyl (C=O) groups excluding carboxylic acids is 1. The number of aryl methyl sites for hydroxylation is 1. The van der Waals surface area contributed by atoms with E-state index in [1.807, 2.05) is 6.07 Å². The number of halogens is 2. The van der Waals surface area contributed by atoms with E-state index in [0.717, 1.165) is 0 Å². The van der Waals surface area contributed by atoms with Crippen molar-refractivity contribution in [1.29, 1.82) is 0 Å². The van der Waals surface area contributed by atoms with E-state index in [0.29, 0.717) is 17.1 Å². The van der Waals surface area contributed by atoms with Crippen LogP contribution in [-0.2, 0) is 0 Å². The smallest absolute Gasteiger partial charge is 0.348 e. The van der Waals surface area contributed by atoms with Crippen molar-refractivity contribution in [2.24, 2.45) is 0 Å². The molecule has 2 aromatic carbocycles. The highest BCUT2D eigenvalue weighted by molar-refractivity contribution is 6.33. The highest BCUT2D eigenvalue weighted by Crippen LogP contribution is 2.25. The lowest BCUT2D eigenvalue weighted by atomic mass is 10.2. The summed E-state index contributed by atoms with van der Waals surface area (Å²) < 4.78 is 19.7. The second-order valence-corrected chi connectivity index (χ2v) is 5.20. The van der Waals surface area contributed by atoms with Gasteiger partial charge in [0.15, 0.2) is 0 Å². The number of hydrogen-bond donors (Lipinski definition) is 0. The van der Waals surface area contributed by atoms with Crippen molar-refractivity contribution in [2.75, 3.05) is 0 Å². The summed E-state index contributed by atoms with van der Waals surface area (Å²) in [6.07, 6.45) is 0. The van der Waals surface area contributed by atoms with Crippen LogP contribution in [0.4, 0.5) is 4.39 Å². The van der Waals surface area contributed by atoms with Crippen molar-refractivity contribution in [2.45, 2.75) is 6.92 Å². The number of carbonyl (C=O) groups is 1. The monoisotopic (exact) mass is 330 g/mol. The molecule has 0 spiro atoms. The first kappa shape index (κ1) is 15.2. The molecule has 0 aliphatic heterocycles. The number of aromatic nitrogens is 2. The fourth-order valence-corrected chi connectivity index (χ4v) is 2.48. The molecule has 0 N–H and O–H groups in total. The maximum Gasteiger partial charge on any atom is 0.348 e. The van der Waals surface area contributed by atoms with Crippen LogP contribution in [0.3, 0.4) is 0 Å². The molecule has 116 valence electrons. The fourth-order valence-electron chi connectivity index (χ4n) is 2.13. The minimum Gasteiger partial charge on any atom is -0.423 e. The fraction of sp³-hybridized carbons (Fsp3) is 0.0588. The number of para-hydroxylation sites is 1. The number of benzene rings is 2. The van der Waals surface area contributed by atoms with Crippen LogP contribution in [0.5, 0.6) is 5.75 Å². The third kappa shape index (κ3) is 3.10. The van der Waals surface area contributed by atoms with Gasteiger partial charge in [-0.05, 0) is 43.3 Å². The summed E-state index contributed by atoms with van der Waals surface area (Å²) in [4.78, 5) is 12.3. The molecule has 1 heterocycles. The lowest BCUT2D eigenvalue weighted by Gasteiger charge is -2.05. The third-order valence-corrected chi connectivity index (χ3v) is 3.58. The summed E-state index contributed by atoms with van der Waals surface area (Å²) in [6.45, 7) is 1.66. The second-order valence-electron chi connectivity index (χ2n) is 4.84. The van der Waals surface area contributed by atoms with Crippen LogP contribution in [0.15, 0.2) is 54.6 Å². The van der Waals surface area contributed by atoms with Gasteiger partial charge in [0.05, 0.1) is 11.4 Å². The molecule has 0 unspecified atom stereocenters. The van der Waals surface area contributed by atoms with Crippen LogP contribution in [-0.4, -0.2) is 15.7 Å². The van der Waals surface area contributed by atoms with Gasteiger partial charge in [-0.1, -0.05) is 29.8 Å². The van der Waals surface area contributed by atoms with E-state index in [1.165, 1.54) is 28.9 Å². The van der Waals surface area contributed by atoms with Crippen molar-refractivity contribution in [1.82, 2.24) is 9.78 Å². The van der Waals surface area contributed by atoms with Gasteiger partial charge in [0.2, 0.25) is 0 Å². The van der Waals surface area contributed by atoms with Crippen molar-refractivity contribution in [3.8, 4) is 11.4 Å². The minimum absolute atomic E-state index is 0.120. The Morgan fingerprint density at radius 3 is 2.43 bits per heavy atom. The number of nitrogens with zero attached hydrogens (tertiary/aromatic N) is 2. The Balaban J connectivity index is 1.94. The molecule has 4 nitrogen and oxygen atoms in total. The highest BCUT2D eigenvalue weighted by atomic mass is 35.5. The summed E-state index contributed by atoms with van der Waals surface area (Å²) >= 11 is 6.27. The van der Waals surface area contributed by atoms with Crippen LogP contribution >= 0.6 is 11.6 Å². The lowest BCUT2D eigenvalue weighted by Crippen LogP contribution is -2.09. The number of rotatable bonds is 3. The van der Waals surface area contributed by atoms with Gasteiger partial charge in [-0.2, -0.15) is 5.10 Å². The maximum absolute atomic E-state index is 13.0. The van der Waals surface area contributed by atoms with E-state index in [4.69, 9.17) is 16.3 Å². The quantitative estimate of drug-likeness (QED) is 0.534. The van der Waals surface area contributed by atoms with Gasteiger partial charge >= 0.3 is 5.97 Å². The van der Waals surface area contributed by atoms with Crippen LogP contribution in [0, 0.1) is 12.7 Å². The molecule has 6 heteroatoms. The Morgan fingerprint density at radius 2 is 1.78 bits per heavy atom. The predicted molar refractivity (Wildman–Crippen MR) is 84.7 cm³/mol. The van der Waals surface area contributed by atoms with E-state index in [2.05, 4.69) is 5.10 Å². The van der Waals surface area contributed by atoms with E-state index in [1.54, 1.807) is 31.2 Å². The average Bonchev–Trinajstić information content (AvgIpc) is 2.84. The van der Waals surface area contributed by atoms with Gasteiger partial charge in [-0.15, -0.1) is 0 Å². The number of esters is 1. The Labute approximate surface area is 137 Å². The summed E-state index contributed by atoms with van der Waals surface area (Å²) in [7, 11) is 0. The summed E-state index contributed by atoms with van der Waals surface area (Å²) in [6, 6.07) is 14.3. The normalized spacial score (nSPS) is 10.6. The zero-order valence-electron chi connectivity index (χ0n) is 12.2. The molecule has 3 rings (SSSR count). The maximum atomic E-state index is 13.0. The average molecular weight is 331 g/mol. The van der Waals surface area contributed by atoms with Crippen LogP contribution < -0.4 is 4.74 Å². The molecule has 0 aliphatic rings. The SMILES string of the molecule is Cc1nn(-c2ccc(F)cc2)c(Cl)c1C(=O)Oc1ccccc1. The van der Waals surface area contributed by atoms with Gasteiger partial charge in [0.1, 0.15) is 22.3 Å². The predicted octanol–water partition coefficient (Wildman–Crippen LogP) is 4.19. The molecular weight excluding hydrogens is 319 g/mol. The molecule has 23 heavy (non-hydrogen) atoms. The van der Waals surface area contributed by atoms with Crippen molar-refractivity contribution in [3.63, 3.8) is 0 Å². The van der Waals surface area contributed by atoms with Gasteiger partial charge < -0.3 is 4.74 Å². The zero-order valence-corrected chi connectivity index (χ0v) is 12.9. The van der Waals surface area contributed by atoms with E-state index in [9.17, 15) is 9.18 Å². The van der Waals surface area contributed by atoms with Gasteiger partial charge in [0, 0.05) is 0 Å². The molecule has 0 saturated heterocycles. The Hall–Kier alpha value is -2.66. The van der Waals surface area contributed by atoms with E-state index < -0.39 is 5.97 Å². The molecule has 0 saturated carbocycles. The summed E-state index contributed by atoms with van der Waals surface area (Å²) in [5.74, 6) is -0.535. The molecule has 0 amide bonds. The van der Waals surface area contributed by atoms with Gasteiger partial charge in [-0.25, -0.2) is 13.9 Å².